The minimum atomic E-state index is -0.321. The second-order valence-corrected chi connectivity index (χ2v) is 10.1. The van der Waals surface area contributed by atoms with Gasteiger partial charge in [0.25, 0.3) is 5.91 Å². The second-order valence-electron chi connectivity index (χ2n) is 9.03. The molecule has 0 bridgehead atoms. The van der Waals surface area contributed by atoms with Gasteiger partial charge in [-0.3, -0.25) is 9.78 Å². The number of amides is 1. The van der Waals surface area contributed by atoms with Crippen molar-refractivity contribution < 1.29 is 14.6 Å². The highest BCUT2D eigenvalue weighted by Gasteiger charge is 2.23. The van der Waals surface area contributed by atoms with Crippen LogP contribution in [0.1, 0.15) is 49.0 Å². The number of ether oxygens (including phenoxy) is 1. The quantitative estimate of drug-likeness (QED) is 0.447. The lowest BCUT2D eigenvalue weighted by molar-refractivity contribution is 0.0944. The van der Waals surface area contributed by atoms with Crippen molar-refractivity contribution in [3.05, 3.63) is 42.2 Å². The van der Waals surface area contributed by atoms with E-state index in [1.807, 2.05) is 18.2 Å². The molecule has 1 aromatic carbocycles. The predicted molar refractivity (Wildman–Crippen MR) is 134 cm³/mol. The van der Waals surface area contributed by atoms with Crippen molar-refractivity contribution in [2.75, 3.05) is 31.5 Å². The Bertz CT molecular complexity index is 1130. The molecule has 0 spiro atoms. The van der Waals surface area contributed by atoms with Crippen LogP contribution in [-0.2, 0) is 0 Å². The Kier molecular flexibility index (Phi) is 7.22. The number of pyridine rings is 1. The first-order chi connectivity index (χ1) is 16.6. The van der Waals surface area contributed by atoms with Gasteiger partial charge in [0.05, 0.1) is 22.4 Å². The normalized spacial score (nSPS) is 21.0. The molecule has 0 radical (unpaired) electrons. The lowest BCUT2D eigenvalue weighted by Gasteiger charge is -2.27. The summed E-state index contributed by atoms with van der Waals surface area (Å²) >= 11 is 1.55. The van der Waals surface area contributed by atoms with Gasteiger partial charge < -0.3 is 25.4 Å². The van der Waals surface area contributed by atoms with Crippen molar-refractivity contribution in [2.24, 2.45) is 0 Å². The lowest BCUT2D eigenvalue weighted by Crippen LogP contribution is -2.36. The van der Waals surface area contributed by atoms with Crippen LogP contribution in [0.15, 0.2) is 36.5 Å². The minimum Gasteiger partial charge on any atom is -0.457 e. The molecule has 8 nitrogen and oxygen atoms in total. The number of nitrogens with zero attached hydrogens (tertiary/aromatic N) is 3. The van der Waals surface area contributed by atoms with Gasteiger partial charge in [-0.25, -0.2) is 4.98 Å². The molecule has 180 valence electrons. The van der Waals surface area contributed by atoms with Crippen LogP contribution < -0.4 is 15.4 Å². The lowest BCUT2D eigenvalue weighted by atomic mass is 9.93. The Morgan fingerprint density at radius 1 is 1.12 bits per heavy atom. The number of hydrogen-bond donors (Lipinski definition) is 3. The highest BCUT2D eigenvalue weighted by molar-refractivity contribution is 7.22. The molecule has 3 aromatic rings. The smallest absolute Gasteiger partial charge is 0.270 e. The third-order valence-corrected chi connectivity index (χ3v) is 7.46. The maximum Gasteiger partial charge on any atom is 0.270 e. The Labute approximate surface area is 203 Å². The first-order valence-electron chi connectivity index (χ1n) is 12.1. The molecule has 1 aliphatic carbocycles. The zero-order valence-electron chi connectivity index (χ0n) is 19.2. The van der Waals surface area contributed by atoms with Crippen molar-refractivity contribution in [1.29, 1.82) is 0 Å². The van der Waals surface area contributed by atoms with Gasteiger partial charge in [-0.1, -0.05) is 24.2 Å². The van der Waals surface area contributed by atoms with Crippen LogP contribution in [0.2, 0.25) is 0 Å². The third-order valence-electron chi connectivity index (χ3n) is 6.51. The summed E-state index contributed by atoms with van der Waals surface area (Å²) in [7, 11) is 0. The number of aliphatic hydroxyl groups excluding tert-OH is 1. The number of thiazole rings is 1. The molecule has 1 saturated carbocycles. The predicted octanol–water partition coefficient (Wildman–Crippen LogP) is 4.02. The van der Waals surface area contributed by atoms with E-state index in [4.69, 9.17) is 4.74 Å². The van der Waals surface area contributed by atoms with Gasteiger partial charge in [0.15, 0.2) is 5.13 Å². The molecular formula is C25H31N5O3S. The van der Waals surface area contributed by atoms with E-state index >= 15 is 0 Å². The van der Waals surface area contributed by atoms with Gasteiger partial charge in [-0.15, -0.1) is 0 Å². The number of rotatable bonds is 8. The maximum atomic E-state index is 12.5. The van der Waals surface area contributed by atoms with Crippen LogP contribution in [-0.4, -0.2) is 64.2 Å². The Hall–Kier alpha value is -2.75. The summed E-state index contributed by atoms with van der Waals surface area (Å²) < 4.78 is 7.03. The molecule has 1 amide bonds. The van der Waals surface area contributed by atoms with Crippen molar-refractivity contribution >= 4 is 32.6 Å². The molecule has 2 aromatic heterocycles. The van der Waals surface area contributed by atoms with Crippen LogP contribution in [0.3, 0.4) is 0 Å². The largest absolute Gasteiger partial charge is 0.457 e. The van der Waals surface area contributed by atoms with E-state index in [1.165, 1.54) is 12.8 Å². The number of hydrogen-bond acceptors (Lipinski definition) is 8. The number of carbonyl (C=O) groups is 1. The first kappa shape index (κ1) is 23.0. The van der Waals surface area contributed by atoms with E-state index in [1.54, 1.807) is 29.7 Å². The zero-order valence-corrected chi connectivity index (χ0v) is 20.0. The highest BCUT2D eigenvalue weighted by Crippen LogP contribution is 2.33. The summed E-state index contributed by atoms with van der Waals surface area (Å²) in [5.41, 5.74) is 1.23. The summed E-state index contributed by atoms with van der Waals surface area (Å²) in [5, 5.41) is 17.4. The van der Waals surface area contributed by atoms with Gasteiger partial charge >= 0.3 is 0 Å². The van der Waals surface area contributed by atoms with Crippen LogP contribution in [0.5, 0.6) is 11.5 Å². The number of aromatic nitrogens is 2. The molecule has 3 N–H and O–H groups in total. The standard InChI is InChI=1S/C25H31N5O3S/c31-22-6-2-1-5-19(22)28-25-29-20-8-7-17(16-23(20)34-25)33-18-9-10-26-21(15-18)24(32)27-11-14-30-12-3-4-13-30/h7-10,15-16,19,22,31H,1-6,11-14H2,(H,27,32)(H,28,29)/t19-,22?/m1/s1. The average molecular weight is 482 g/mol. The molecule has 1 unspecified atom stereocenters. The van der Waals surface area contributed by atoms with Crippen molar-refractivity contribution in [3.63, 3.8) is 0 Å². The molecule has 1 aliphatic heterocycles. The second kappa shape index (κ2) is 10.7. The van der Waals surface area contributed by atoms with E-state index in [-0.39, 0.29) is 18.1 Å². The number of likely N-dealkylation sites (tertiary alicyclic amines) is 1. The summed E-state index contributed by atoms with van der Waals surface area (Å²) in [5.74, 6) is 1.04. The van der Waals surface area contributed by atoms with Gasteiger partial charge in [0, 0.05) is 31.4 Å². The Morgan fingerprint density at radius 2 is 1.94 bits per heavy atom. The van der Waals surface area contributed by atoms with Crippen molar-refractivity contribution in [2.45, 2.75) is 50.7 Å². The van der Waals surface area contributed by atoms with Crippen molar-refractivity contribution in [1.82, 2.24) is 20.2 Å². The molecule has 3 heterocycles. The fraction of sp³-hybridized carbons (Fsp3) is 0.480. The van der Waals surface area contributed by atoms with E-state index in [0.29, 0.717) is 23.7 Å². The van der Waals surface area contributed by atoms with E-state index in [0.717, 1.165) is 60.7 Å². The highest BCUT2D eigenvalue weighted by atomic mass is 32.1. The fourth-order valence-corrected chi connectivity index (χ4v) is 5.58. The van der Waals surface area contributed by atoms with Crippen LogP contribution in [0.25, 0.3) is 10.2 Å². The van der Waals surface area contributed by atoms with Crippen LogP contribution >= 0.6 is 11.3 Å². The minimum absolute atomic E-state index is 0.0572. The molecule has 1 saturated heterocycles. The molecule has 2 aliphatic rings. The number of aliphatic hydroxyl groups is 1. The Balaban J connectivity index is 1.20. The van der Waals surface area contributed by atoms with Crippen molar-refractivity contribution in [3.8, 4) is 11.5 Å². The molecule has 2 fully saturated rings. The van der Waals surface area contributed by atoms with Gasteiger partial charge in [0.2, 0.25) is 0 Å². The number of fused-ring (bicyclic) bond motifs is 1. The molecular weight excluding hydrogens is 450 g/mol. The first-order valence-corrected chi connectivity index (χ1v) is 13.0. The number of benzene rings is 1. The fourth-order valence-electron chi connectivity index (χ4n) is 4.63. The zero-order chi connectivity index (χ0) is 23.3. The number of nitrogens with one attached hydrogen (secondary N) is 2. The average Bonchev–Trinajstić information content (AvgIpc) is 3.50. The summed E-state index contributed by atoms with van der Waals surface area (Å²) in [6.07, 6.45) is 7.75. The molecule has 5 rings (SSSR count). The summed E-state index contributed by atoms with van der Waals surface area (Å²) in [4.78, 5) is 23.7. The van der Waals surface area contributed by atoms with Gasteiger partial charge in [-0.2, -0.15) is 0 Å². The maximum absolute atomic E-state index is 12.5. The van der Waals surface area contributed by atoms with E-state index in [2.05, 4.69) is 25.5 Å². The van der Waals surface area contributed by atoms with E-state index in [9.17, 15) is 9.90 Å². The molecule has 34 heavy (non-hydrogen) atoms. The topological polar surface area (TPSA) is 99.6 Å². The SMILES string of the molecule is O=C(NCCN1CCCC1)c1cc(Oc2ccc3nc(N[C@@H]4CCCCC4O)sc3c2)ccn1. The van der Waals surface area contributed by atoms with Gasteiger partial charge in [0.1, 0.15) is 17.2 Å². The summed E-state index contributed by atoms with van der Waals surface area (Å²) in [6, 6.07) is 9.22. The number of anilines is 1. The molecule has 9 heteroatoms. The number of carbonyl (C=O) groups excluding carboxylic acids is 1. The van der Waals surface area contributed by atoms with Crippen LogP contribution in [0.4, 0.5) is 5.13 Å². The van der Waals surface area contributed by atoms with Gasteiger partial charge in [-0.05, 0) is 57.0 Å². The van der Waals surface area contributed by atoms with E-state index < -0.39 is 0 Å². The van der Waals surface area contributed by atoms with Crippen LogP contribution in [0, 0.1) is 0 Å². The Morgan fingerprint density at radius 3 is 2.79 bits per heavy atom. The molecule has 2 atom stereocenters. The third kappa shape index (κ3) is 5.65. The summed E-state index contributed by atoms with van der Waals surface area (Å²) in [6.45, 7) is 3.71. The monoisotopic (exact) mass is 481 g/mol.